The minimum atomic E-state index is -0.441. The smallest absolute Gasteiger partial charge is 0.257 e. The summed E-state index contributed by atoms with van der Waals surface area (Å²) in [5, 5.41) is 0.316. The van der Waals surface area contributed by atoms with Crippen molar-refractivity contribution in [3.05, 3.63) is 59.7 Å². The number of nitrogens with zero attached hydrogens (tertiary/aromatic N) is 2. The number of para-hydroxylation sites is 2. The number of carbonyl (C=O) groups excluding carboxylic acids is 1. The summed E-state index contributed by atoms with van der Waals surface area (Å²) >= 11 is 2.83. The molecule has 0 bridgehead atoms. The molecule has 1 aliphatic rings. The van der Waals surface area contributed by atoms with Crippen LogP contribution in [0, 0.1) is 11.6 Å². The molecule has 0 spiro atoms. The fraction of sp³-hybridized carbons (Fsp3) is 0.300. The Kier molecular flexibility index (Phi) is 5.87. The average molecular weight is 421 g/mol. The molecule has 1 aromatic heterocycles. The summed E-state index contributed by atoms with van der Waals surface area (Å²) in [5.74, 6) is 0.0680. The Morgan fingerprint density at radius 3 is 2.96 bits per heavy atom. The van der Waals surface area contributed by atoms with Gasteiger partial charge in [-0.1, -0.05) is 23.9 Å². The molecule has 1 amide bonds. The zero-order valence-electron chi connectivity index (χ0n) is 14.9. The number of fused-ring (bicyclic) bond motifs is 1. The SMILES string of the molecule is O=C(CSc1nc2ccccc2o1)N1CCS[C@H](c2cc(F)ccc2F)CC1. The van der Waals surface area contributed by atoms with Crippen LogP contribution >= 0.6 is 23.5 Å². The van der Waals surface area contributed by atoms with Gasteiger partial charge in [-0.3, -0.25) is 4.79 Å². The third-order valence-corrected chi connectivity index (χ3v) is 6.72. The Morgan fingerprint density at radius 1 is 1.25 bits per heavy atom. The van der Waals surface area contributed by atoms with Crippen molar-refractivity contribution in [3.63, 3.8) is 0 Å². The van der Waals surface area contributed by atoms with Gasteiger partial charge in [-0.05, 0) is 36.8 Å². The van der Waals surface area contributed by atoms with E-state index in [1.807, 2.05) is 24.3 Å². The van der Waals surface area contributed by atoms with Gasteiger partial charge in [-0.15, -0.1) is 0 Å². The maximum absolute atomic E-state index is 14.1. The van der Waals surface area contributed by atoms with Crippen LogP contribution in [0.5, 0.6) is 0 Å². The summed E-state index contributed by atoms with van der Waals surface area (Å²) in [6.45, 7) is 1.10. The van der Waals surface area contributed by atoms with E-state index in [4.69, 9.17) is 4.42 Å². The van der Waals surface area contributed by atoms with Gasteiger partial charge in [-0.25, -0.2) is 13.8 Å². The largest absolute Gasteiger partial charge is 0.431 e. The van der Waals surface area contributed by atoms with Gasteiger partial charge in [0.2, 0.25) is 5.91 Å². The average Bonchev–Trinajstić information content (AvgIpc) is 2.96. The third kappa shape index (κ3) is 4.33. The molecule has 0 radical (unpaired) electrons. The van der Waals surface area contributed by atoms with Gasteiger partial charge >= 0.3 is 0 Å². The number of aromatic nitrogens is 1. The van der Waals surface area contributed by atoms with Gasteiger partial charge in [0.1, 0.15) is 17.2 Å². The van der Waals surface area contributed by atoms with Crippen LogP contribution in [0.25, 0.3) is 11.1 Å². The Balaban J connectivity index is 1.35. The second-order valence-electron chi connectivity index (χ2n) is 6.43. The van der Waals surface area contributed by atoms with Crippen molar-refractivity contribution >= 4 is 40.5 Å². The Bertz CT molecular complexity index is 962. The van der Waals surface area contributed by atoms with Crippen LogP contribution in [0.2, 0.25) is 0 Å². The van der Waals surface area contributed by atoms with Crippen molar-refractivity contribution in [3.8, 4) is 0 Å². The van der Waals surface area contributed by atoms with Gasteiger partial charge in [0, 0.05) is 29.7 Å². The molecule has 8 heteroatoms. The number of amides is 1. The molecule has 1 atom stereocenters. The van der Waals surface area contributed by atoms with Crippen molar-refractivity contribution in [2.75, 3.05) is 24.6 Å². The summed E-state index contributed by atoms with van der Waals surface area (Å²) in [6, 6.07) is 11.0. The van der Waals surface area contributed by atoms with Crippen LogP contribution in [0.3, 0.4) is 0 Å². The molecule has 0 N–H and O–H groups in total. The molecule has 1 saturated heterocycles. The molecular formula is C20H18F2N2O2S2. The maximum Gasteiger partial charge on any atom is 0.257 e. The zero-order valence-corrected chi connectivity index (χ0v) is 16.6. The number of hydrogen-bond acceptors (Lipinski definition) is 5. The Hall–Kier alpha value is -2.06. The molecule has 28 heavy (non-hydrogen) atoms. The van der Waals surface area contributed by atoms with E-state index in [1.165, 1.54) is 17.8 Å². The van der Waals surface area contributed by atoms with E-state index in [0.717, 1.165) is 17.6 Å². The Labute approximate surface area is 169 Å². The van der Waals surface area contributed by atoms with Gasteiger partial charge in [-0.2, -0.15) is 11.8 Å². The van der Waals surface area contributed by atoms with Crippen molar-refractivity contribution in [1.29, 1.82) is 0 Å². The number of halogens is 2. The van der Waals surface area contributed by atoms with Gasteiger partial charge in [0.15, 0.2) is 5.58 Å². The van der Waals surface area contributed by atoms with Gasteiger partial charge in [0.25, 0.3) is 5.22 Å². The minimum Gasteiger partial charge on any atom is -0.431 e. The van der Waals surface area contributed by atoms with Crippen LogP contribution < -0.4 is 0 Å². The van der Waals surface area contributed by atoms with Crippen LogP contribution in [0.15, 0.2) is 52.1 Å². The lowest BCUT2D eigenvalue weighted by Crippen LogP contribution is -2.34. The molecule has 0 aliphatic carbocycles. The lowest BCUT2D eigenvalue weighted by molar-refractivity contribution is -0.128. The molecule has 4 nitrogen and oxygen atoms in total. The molecule has 0 unspecified atom stereocenters. The molecule has 0 saturated carbocycles. The molecular weight excluding hydrogens is 402 g/mol. The van der Waals surface area contributed by atoms with Crippen LogP contribution in [0.1, 0.15) is 17.2 Å². The van der Waals surface area contributed by atoms with Gasteiger partial charge in [0.05, 0.1) is 5.75 Å². The highest BCUT2D eigenvalue weighted by Gasteiger charge is 2.24. The number of oxazole rings is 1. The lowest BCUT2D eigenvalue weighted by Gasteiger charge is -2.20. The highest BCUT2D eigenvalue weighted by atomic mass is 32.2. The Morgan fingerprint density at radius 2 is 2.11 bits per heavy atom. The topological polar surface area (TPSA) is 46.3 Å². The maximum atomic E-state index is 14.1. The number of hydrogen-bond donors (Lipinski definition) is 0. The monoisotopic (exact) mass is 420 g/mol. The molecule has 1 fully saturated rings. The van der Waals surface area contributed by atoms with Crippen LogP contribution in [0.4, 0.5) is 8.78 Å². The van der Waals surface area contributed by atoms with Crippen molar-refractivity contribution in [1.82, 2.24) is 9.88 Å². The van der Waals surface area contributed by atoms with Crippen LogP contribution in [-0.2, 0) is 4.79 Å². The number of benzene rings is 2. The molecule has 146 valence electrons. The lowest BCUT2D eigenvalue weighted by atomic mass is 10.1. The number of rotatable bonds is 4. The van der Waals surface area contributed by atoms with E-state index in [0.29, 0.717) is 41.6 Å². The minimum absolute atomic E-state index is 0.00628. The summed E-state index contributed by atoms with van der Waals surface area (Å²) < 4.78 is 33.2. The van der Waals surface area contributed by atoms with Crippen molar-refractivity contribution in [2.45, 2.75) is 16.9 Å². The first-order valence-corrected chi connectivity index (χ1v) is 11.0. The first-order chi connectivity index (χ1) is 13.6. The molecule has 4 rings (SSSR count). The summed E-state index contributed by atoms with van der Waals surface area (Å²) in [5.41, 5.74) is 1.84. The summed E-state index contributed by atoms with van der Waals surface area (Å²) in [7, 11) is 0. The number of carbonyl (C=O) groups is 1. The standard InChI is InChI=1S/C20H18F2N2O2S2/c21-13-5-6-15(22)14(11-13)18-7-8-24(9-10-27-18)19(25)12-28-20-23-16-3-1-2-4-17(16)26-20/h1-6,11,18H,7-10,12H2/t18-/m0/s1. The van der Waals surface area contributed by atoms with Gasteiger partial charge < -0.3 is 9.32 Å². The summed E-state index contributed by atoms with van der Waals surface area (Å²) in [6.07, 6.45) is 0.588. The van der Waals surface area contributed by atoms with E-state index in [2.05, 4.69) is 4.98 Å². The zero-order chi connectivity index (χ0) is 19.5. The fourth-order valence-corrected chi connectivity index (χ4v) is 5.14. The second-order valence-corrected chi connectivity index (χ2v) is 8.67. The second kappa shape index (κ2) is 8.53. The molecule has 3 aromatic rings. The normalized spacial score (nSPS) is 17.6. The predicted molar refractivity (Wildman–Crippen MR) is 107 cm³/mol. The predicted octanol–water partition coefficient (Wildman–Crippen LogP) is 4.90. The van der Waals surface area contributed by atoms with Crippen molar-refractivity contribution in [2.24, 2.45) is 0 Å². The molecule has 1 aliphatic heterocycles. The van der Waals surface area contributed by atoms with E-state index < -0.39 is 11.6 Å². The van der Waals surface area contributed by atoms with E-state index in [1.54, 1.807) is 16.7 Å². The first-order valence-electron chi connectivity index (χ1n) is 8.93. The van der Waals surface area contributed by atoms with E-state index in [9.17, 15) is 13.6 Å². The van der Waals surface area contributed by atoms with E-state index in [-0.39, 0.29) is 16.9 Å². The van der Waals surface area contributed by atoms with Crippen molar-refractivity contribution < 1.29 is 18.0 Å². The quantitative estimate of drug-likeness (QED) is 0.562. The number of thioether (sulfide) groups is 2. The molecule has 2 aromatic carbocycles. The summed E-state index contributed by atoms with van der Waals surface area (Å²) in [4.78, 5) is 18.7. The molecule has 2 heterocycles. The third-order valence-electron chi connectivity index (χ3n) is 4.59. The van der Waals surface area contributed by atoms with Crippen LogP contribution in [-0.4, -0.2) is 40.4 Å². The highest BCUT2D eigenvalue weighted by Crippen LogP contribution is 2.36. The highest BCUT2D eigenvalue weighted by molar-refractivity contribution is 7.99. The fourth-order valence-electron chi connectivity index (χ4n) is 3.16. The van der Waals surface area contributed by atoms with E-state index >= 15 is 0 Å². The first kappa shape index (κ1) is 19.3.